The molecule has 0 aliphatic carbocycles. The summed E-state index contributed by atoms with van der Waals surface area (Å²) in [5, 5.41) is 13.8. The molecule has 0 atom stereocenters. The normalized spacial score (nSPS) is 4.50. The van der Waals surface area contributed by atoms with Gasteiger partial charge in [0.25, 0.3) is 6.26 Å². The van der Waals surface area contributed by atoms with Crippen LogP contribution in [0.3, 0.4) is 0 Å². The van der Waals surface area contributed by atoms with Crippen molar-refractivity contribution in [1.29, 1.82) is 5.26 Å². The van der Waals surface area contributed by atoms with E-state index >= 15 is 0 Å². The molecule has 0 aliphatic heterocycles. The zero-order chi connectivity index (χ0) is 6.83. The molecular weight excluding hydrogens is 108 g/mol. The van der Waals surface area contributed by atoms with Gasteiger partial charge in [-0.1, -0.05) is 0 Å². The number of hydrogen-bond donors (Lipinski definition) is 1. The molecule has 0 aliphatic rings. The average Bonchev–Trinajstić information content (AvgIpc) is 1.71. The van der Waals surface area contributed by atoms with E-state index in [4.69, 9.17) is 15.2 Å². The van der Waals surface area contributed by atoms with E-state index in [1.165, 1.54) is 6.08 Å². The Morgan fingerprint density at radius 1 is 1.88 bits per heavy atom. The third kappa shape index (κ3) is 140. The van der Waals surface area contributed by atoms with E-state index in [0.717, 1.165) is 6.26 Å². The lowest BCUT2D eigenvalue weighted by Gasteiger charge is -1.58. The first-order valence-electron chi connectivity index (χ1n) is 1.90. The van der Waals surface area contributed by atoms with Crippen molar-refractivity contribution in [2.75, 3.05) is 6.54 Å². The number of nitriles is 1. The number of isocyanates is 1. The number of aliphatic imine (C=N–C) groups is 1. The van der Waals surface area contributed by atoms with Gasteiger partial charge in [0.2, 0.25) is 6.08 Å². The number of rotatable bonds is 1. The van der Waals surface area contributed by atoms with Crippen molar-refractivity contribution >= 4 is 6.08 Å². The van der Waals surface area contributed by atoms with E-state index in [2.05, 4.69) is 4.99 Å². The van der Waals surface area contributed by atoms with E-state index in [-0.39, 0.29) is 0 Å². The summed E-state index contributed by atoms with van der Waals surface area (Å²) in [6, 6.07) is 0. The van der Waals surface area contributed by atoms with Gasteiger partial charge < -0.3 is 5.11 Å². The summed E-state index contributed by atoms with van der Waals surface area (Å²) >= 11 is 0. The van der Waals surface area contributed by atoms with Crippen LogP contribution >= 0.6 is 0 Å². The summed E-state index contributed by atoms with van der Waals surface area (Å²) < 4.78 is 0. The van der Waals surface area contributed by atoms with Crippen LogP contribution in [0, 0.1) is 11.5 Å². The van der Waals surface area contributed by atoms with Crippen molar-refractivity contribution in [3.63, 3.8) is 0 Å². The highest BCUT2D eigenvalue weighted by molar-refractivity contribution is 5.32. The van der Waals surface area contributed by atoms with Gasteiger partial charge in [0.1, 0.15) is 0 Å². The Hall–Kier alpha value is -1.33. The van der Waals surface area contributed by atoms with Crippen LogP contribution in [0.4, 0.5) is 0 Å². The first-order chi connectivity index (χ1) is 3.83. The minimum absolute atomic E-state index is 0.545. The van der Waals surface area contributed by atoms with Gasteiger partial charge in [-0.15, -0.1) is 0 Å². The average molecular weight is 114 g/mol. The minimum atomic E-state index is 0.545. The highest BCUT2D eigenvalue weighted by Crippen LogP contribution is 1.52. The number of carbonyl (C=O) groups excluding carboxylic acids is 1. The monoisotopic (exact) mass is 114 g/mol. The van der Waals surface area contributed by atoms with E-state index in [9.17, 15) is 0 Å². The second-order valence-electron chi connectivity index (χ2n) is 0.666. The van der Waals surface area contributed by atoms with Crippen LogP contribution in [0.2, 0.25) is 0 Å². The molecule has 0 aromatic heterocycles. The number of aliphatic hydroxyl groups is 1. The third-order valence-electron chi connectivity index (χ3n) is 0.223. The predicted octanol–water partition coefficient (Wildman–Crippen LogP) is 0.182. The van der Waals surface area contributed by atoms with Crippen LogP contribution in [-0.4, -0.2) is 17.7 Å². The molecule has 0 saturated carbocycles. The van der Waals surface area contributed by atoms with Gasteiger partial charge in [-0.2, -0.15) is 5.26 Å². The predicted molar refractivity (Wildman–Crippen MR) is 26.2 cm³/mol. The summed E-state index contributed by atoms with van der Waals surface area (Å²) in [6.45, 7) is 2.33. The lowest BCUT2D eigenvalue weighted by Crippen LogP contribution is -1.58. The van der Waals surface area contributed by atoms with Gasteiger partial charge in [0.15, 0.2) is 0 Å². The van der Waals surface area contributed by atoms with Gasteiger partial charge in [-0.25, -0.2) is 9.79 Å². The molecule has 0 aromatic rings. The molecule has 0 heterocycles. The Morgan fingerprint density at radius 3 is 2.25 bits per heavy atom. The van der Waals surface area contributed by atoms with Crippen LogP contribution < -0.4 is 0 Å². The topological polar surface area (TPSA) is 73.5 Å². The van der Waals surface area contributed by atoms with Crippen molar-refractivity contribution in [2.45, 2.75) is 6.92 Å². The van der Waals surface area contributed by atoms with Crippen LogP contribution in [0.5, 0.6) is 0 Å². The van der Waals surface area contributed by atoms with Crippen molar-refractivity contribution < 1.29 is 9.90 Å². The van der Waals surface area contributed by atoms with Gasteiger partial charge in [0.05, 0.1) is 0 Å². The quantitative estimate of drug-likeness (QED) is 0.300. The number of nitrogens with zero attached hydrogens (tertiary/aromatic N) is 2. The lowest BCUT2D eigenvalue weighted by molar-refractivity contribution is 0.503. The SMILES string of the molecule is CCN=C=O.N#CO. The molecule has 4 heteroatoms. The molecule has 0 bridgehead atoms. The van der Waals surface area contributed by atoms with E-state index in [1.807, 2.05) is 0 Å². The Bertz CT molecular complexity index is 110. The second kappa shape index (κ2) is 17.3. The molecule has 0 spiro atoms. The Balaban J connectivity index is 0. The third-order valence-corrected chi connectivity index (χ3v) is 0.223. The largest absolute Gasteiger partial charge is 0.443 e. The maximum Gasteiger partial charge on any atom is 0.283 e. The first kappa shape index (κ1) is 9.83. The van der Waals surface area contributed by atoms with Crippen molar-refractivity contribution in [3.05, 3.63) is 0 Å². The Morgan fingerprint density at radius 2 is 2.25 bits per heavy atom. The van der Waals surface area contributed by atoms with E-state index in [0.29, 0.717) is 6.54 Å². The minimum Gasteiger partial charge on any atom is -0.443 e. The summed E-state index contributed by atoms with van der Waals surface area (Å²) in [4.78, 5) is 12.3. The van der Waals surface area contributed by atoms with Crippen LogP contribution in [0.1, 0.15) is 6.92 Å². The molecule has 1 N–H and O–H groups in total. The van der Waals surface area contributed by atoms with Gasteiger partial charge in [0, 0.05) is 6.54 Å². The van der Waals surface area contributed by atoms with Crippen LogP contribution in [-0.2, 0) is 4.79 Å². The van der Waals surface area contributed by atoms with Gasteiger partial charge in [-0.3, -0.25) is 0 Å². The van der Waals surface area contributed by atoms with Crippen molar-refractivity contribution in [3.8, 4) is 6.26 Å². The standard InChI is InChI=1S/C3H5NO.CHNO/c1-2-4-3-5;2-1-3/h2H2,1H3;3H. The molecule has 0 saturated heterocycles. The molecule has 0 fully saturated rings. The highest BCUT2D eigenvalue weighted by Gasteiger charge is 1.52. The van der Waals surface area contributed by atoms with E-state index < -0.39 is 0 Å². The molecule has 0 amide bonds. The fourth-order valence-corrected chi connectivity index (χ4v) is 0.0645. The lowest BCUT2D eigenvalue weighted by atomic mass is 10.8. The summed E-state index contributed by atoms with van der Waals surface area (Å²) in [7, 11) is 0. The van der Waals surface area contributed by atoms with Gasteiger partial charge >= 0.3 is 0 Å². The van der Waals surface area contributed by atoms with Crippen LogP contribution in [0.15, 0.2) is 4.99 Å². The zero-order valence-electron chi connectivity index (χ0n) is 4.46. The second-order valence-corrected chi connectivity index (χ2v) is 0.666. The molecule has 0 radical (unpaired) electrons. The fraction of sp³-hybridized carbons (Fsp3) is 0.500. The van der Waals surface area contributed by atoms with E-state index in [1.54, 1.807) is 6.92 Å². The summed E-state index contributed by atoms with van der Waals surface area (Å²) in [6.07, 6.45) is 2.14. The molecular formula is C4H6N2O2. The highest BCUT2D eigenvalue weighted by atomic mass is 16.2. The maximum absolute atomic E-state index is 9.11. The van der Waals surface area contributed by atoms with Crippen LogP contribution in [0.25, 0.3) is 0 Å². The Labute approximate surface area is 47.1 Å². The smallest absolute Gasteiger partial charge is 0.283 e. The molecule has 4 nitrogen and oxygen atoms in total. The number of aliphatic hydroxyl groups excluding tert-OH is 1. The Kier molecular flexibility index (Phi) is 21.3. The summed E-state index contributed by atoms with van der Waals surface area (Å²) in [5.74, 6) is 0. The van der Waals surface area contributed by atoms with Gasteiger partial charge in [-0.05, 0) is 6.92 Å². The molecule has 44 valence electrons. The molecule has 0 unspecified atom stereocenters. The zero-order valence-corrected chi connectivity index (χ0v) is 4.46. The maximum atomic E-state index is 9.11. The fourth-order valence-electron chi connectivity index (χ4n) is 0.0645. The van der Waals surface area contributed by atoms with Crippen molar-refractivity contribution in [1.82, 2.24) is 0 Å². The molecule has 8 heavy (non-hydrogen) atoms. The molecule has 0 rings (SSSR count). The number of hydrogen-bond acceptors (Lipinski definition) is 4. The molecule has 0 aromatic carbocycles. The summed E-state index contributed by atoms with van der Waals surface area (Å²) in [5.41, 5.74) is 0. The first-order valence-corrected chi connectivity index (χ1v) is 1.90. The van der Waals surface area contributed by atoms with Crippen molar-refractivity contribution in [2.24, 2.45) is 4.99 Å².